The lowest BCUT2D eigenvalue weighted by Crippen LogP contribution is -2.22. The molecule has 0 radical (unpaired) electrons. The molecule has 1 atom stereocenters. The molecule has 1 fully saturated rings. The summed E-state index contributed by atoms with van der Waals surface area (Å²) < 4.78 is 18.4. The Hall–Kier alpha value is -2.74. The van der Waals surface area contributed by atoms with E-state index in [1.54, 1.807) is 7.11 Å². The third-order valence-electron chi connectivity index (χ3n) is 4.67. The number of rotatable bonds is 4. The first-order chi connectivity index (χ1) is 12.3. The molecule has 128 valence electrons. The molecule has 8 heteroatoms. The molecule has 0 N–H and O–H groups in total. The second-order valence-electron chi connectivity index (χ2n) is 6.37. The van der Waals surface area contributed by atoms with Crippen molar-refractivity contribution in [3.8, 4) is 17.3 Å². The number of benzene rings is 1. The number of hydrogen-bond acceptors (Lipinski definition) is 7. The second-order valence-corrected chi connectivity index (χ2v) is 6.37. The number of methoxy groups -OCH3 is 1. The SMILES string of the molecule is COc1ccc(C2Cn3nnc(-c4noc(C5CC5)n4)c3CO2)cc1. The Morgan fingerprint density at radius 2 is 2.04 bits per heavy atom. The standard InChI is InChI=1S/C17H17N5O3/c1-23-12-6-4-10(5-7-12)14-8-22-13(9-24-14)15(19-21-22)16-18-17(25-20-16)11-2-3-11/h4-7,11,14H,2-3,8-9H2,1H3. The molecule has 0 spiro atoms. The molecule has 3 heterocycles. The molecule has 1 saturated carbocycles. The number of nitrogens with zero attached hydrogens (tertiary/aromatic N) is 5. The maximum absolute atomic E-state index is 6.02. The highest BCUT2D eigenvalue weighted by atomic mass is 16.5. The van der Waals surface area contributed by atoms with Crippen LogP contribution in [0.1, 0.15) is 42.0 Å². The van der Waals surface area contributed by atoms with E-state index in [0.717, 1.165) is 29.8 Å². The average molecular weight is 339 g/mol. The first-order valence-corrected chi connectivity index (χ1v) is 8.33. The summed E-state index contributed by atoms with van der Waals surface area (Å²) in [5, 5.41) is 12.6. The minimum atomic E-state index is -0.0692. The minimum absolute atomic E-state index is 0.0692. The normalized spacial score (nSPS) is 19.6. The number of hydrogen-bond donors (Lipinski definition) is 0. The van der Waals surface area contributed by atoms with Crippen molar-refractivity contribution in [3.05, 3.63) is 41.4 Å². The minimum Gasteiger partial charge on any atom is -0.497 e. The Morgan fingerprint density at radius 3 is 2.80 bits per heavy atom. The van der Waals surface area contributed by atoms with Gasteiger partial charge in [0.05, 0.1) is 26.0 Å². The lowest BCUT2D eigenvalue weighted by molar-refractivity contribution is -0.00114. The van der Waals surface area contributed by atoms with Crippen molar-refractivity contribution < 1.29 is 14.0 Å². The van der Waals surface area contributed by atoms with Crippen LogP contribution in [0.2, 0.25) is 0 Å². The van der Waals surface area contributed by atoms with Gasteiger partial charge in [-0.15, -0.1) is 5.10 Å². The Kier molecular flexibility index (Phi) is 3.30. The molecule has 5 rings (SSSR count). The molecule has 0 amide bonds. The summed E-state index contributed by atoms with van der Waals surface area (Å²) in [4.78, 5) is 4.46. The molecular formula is C17H17N5O3. The Morgan fingerprint density at radius 1 is 1.20 bits per heavy atom. The van der Waals surface area contributed by atoms with E-state index in [-0.39, 0.29) is 6.10 Å². The van der Waals surface area contributed by atoms with E-state index in [1.807, 2.05) is 28.9 Å². The van der Waals surface area contributed by atoms with Crippen molar-refractivity contribution in [2.24, 2.45) is 0 Å². The van der Waals surface area contributed by atoms with Crippen LogP contribution in [0.15, 0.2) is 28.8 Å². The van der Waals surface area contributed by atoms with Gasteiger partial charge in [0.25, 0.3) is 0 Å². The van der Waals surface area contributed by atoms with Crippen LogP contribution in [0, 0.1) is 0 Å². The van der Waals surface area contributed by atoms with Crippen LogP contribution in [0.3, 0.4) is 0 Å². The average Bonchev–Trinajstić information content (AvgIpc) is 3.25. The van der Waals surface area contributed by atoms with Crippen LogP contribution in [-0.2, 0) is 17.9 Å². The molecule has 0 saturated heterocycles. The highest BCUT2D eigenvalue weighted by molar-refractivity contribution is 5.51. The zero-order valence-electron chi connectivity index (χ0n) is 13.8. The zero-order chi connectivity index (χ0) is 16.8. The van der Waals surface area contributed by atoms with Crippen LogP contribution in [0.4, 0.5) is 0 Å². The van der Waals surface area contributed by atoms with Crippen LogP contribution in [-0.4, -0.2) is 32.2 Å². The van der Waals surface area contributed by atoms with E-state index >= 15 is 0 Å². The van der Waals surface area contributed by atoms with Gasteiger partial charge in [-0.25, -0.2) is 4.68 Å². The summed E-state index contributed by atoms with van der Waals surface area (Å²) in [7, 11) is 1.65. The van der Waals surface area contributed by atoms with E-state index in [2.05, 4.69) is 20.5 Å². The van der Waals surface area contributed by atoms with E-state index in [9.17, 15) is 0 Å². The molecule has 2 aromatic heterocycles. The molecular weight excluding hydrogens is 322 g/mol. The van der Waals surface area contributed by atoms with E-state index < -0.39 is 0 Å². The molecule has 1 aliphatic heterocycles. The Bertz CT molecular complexity index is 897. The monoisotopic (exact) mass is 339 g/mol. The fourth-order valence-corrected chi connectivity index (χ4v) is 3.03. The predicted molar refractivity (Wildman–Crippen MR) is 85.8 cm³/mol. The van der Waals surface area contributed by atoms with Crippen LogP contribution < -0.4 is 4.74 Å². The van der Waals surface area contributed by atoms with Gasteiger partial charge in [0.2, 0.25) is 11.7 Å². The predicted octanol–water partition coefficient (Wildman–Crippen LogP) is 2.49. The van der Waals surface area contributed by atoms with Crippen molar-refractivity contribution in [3.63, 3.8) is 0 Å². The summed E-state index contributed by atoms with van der Waals surface area (Å²) >= 11 is 0. The van der Waals surface area contributed by atoms with Gasteiger partial charge >= 0.3 is 0 Å². The molecule has 25 heavy (non-hydrogen) atoms. The van der Waals surface area contributed by atoms with Gasteiger partial charge < -0.3 is 14.0 Å². The fourth-order valence-electron chi connectivity index (χ4n) is 3.03. The maximum atomic E-state index is 6.02. The van der Waals surface area contributed by atoms with Gasteiger partial charge in [0, 0.05) is 5.92 Å². The highest BCUT2D eigenvalue weighted by Crippen LogP contribution is 2.39. The van der Waals surface area contributed by atoms with Gasteiger partial charge in [0.1, 0.15) is 11.9 Å². The molecule has 8 nitrogen and oxygen atoms in total. The second kappa shape index (κ2) is 5.66. The van der Waals surface area contributed by atoms with E-state index in [1.165, 1.54) is 0 Å². The van der Waals surface area contributed by atoms with Crippen LogP contribution >= 0.6 is 0 Å². The summed E-state index contributed by atoms with van der Waals surface area (Å²) in [5.74, 6) is 2.44. The molecule has 1 aliphatic carbocycles. The Labute approximate surface area is 143 Å². The van der Waals surface area contributed by atoms with Crippen molar-refractivity contribution in [1.82, 2.24) is 25.1 Å². The quantitative estimate of drug-likeness (QED) is 0.721. The van der Waals surface area contributed by atoms with Crippen molar-refractivity contribution >= 4 is 0 Å². The number of fused-ring (bicyclic) bond motifs is 1. The highest BCUT2D eigenvalue weighted by Gasteiger charge is 2.32. The third-order valence-corrected chi connectivity index (χ3v) is 4.67. The lowest BCUT2D eigenvalue weighted by Gasteiger charge is -2.24. The summed E-state index contributed by atoms with van der Waals surface area (Å²) in [6.45, 7) is 1.01. The largest absolute Gasteiger partial charge is 0.497 e. The number of ether oxygens (including phenoxy) is 2. The van der Waals surface area contributed by atoms with Crippen molar-refractivity contribution in [2.45, 2.75) is 38.0 Å². The van der Waals surface area contributed by atoms with Crippen LogP contribution in [0.5, 0.6) is 5.75 Å². The van der Waals surface area contributed by atoms with Crippen LogP contribution in [0.25, 0.3) is 11.5 Å². The maximum Gasteiger partial charge on any atom is 0.230 e. The molecule has 1 unspecified atom stereocenters. The zero-order valence-corrected chi connectivity index (χ0v) is 13.8. The molecule has 1 aromatic carbocycles. The lowest BCUT2D eigenvalue weighted by atomic mass is 10.1. The molecule has 3 aromatic rings. The van der Waals surface area contributed by atoms with Crippen molar-refractivity contribution in [1.29, 1.82) is 0 Å². The molecule has 0 bridgehead atoms. The summed E-state index contributed by atoms with van der Waals surface area (Å²) in [6.07, 6.45) is 2.17. The van der Waals surface area contributed by atoms with Gasteiger partial charge in [0.15, 0.2) is 5.69 Å². The van der Waals surface area contributed by atoms with Gasteiger partial charge in [-0.2, -0.15) is 4.98 Å². The van der Waals surface area contributed by atoms with Gasteiger partial charge in [-0.1, -0.05) is 22.5 Å². The van der Waals surface area contributed by atoms with Gasteiger partial charge in [-0.3, -0.25) is 0 Å². The summed E-state index contributed by atoms with van der Waals surface area (Å²) in [6, 6.07) is 7.88. The van der Waals surface area contributed by atoms with Gasteiger partial charge in [-0.05, 0) is 30.5 Å². The first-order valence-electron chi connectivity index (χ1n) is 8.33. The topological polar surface area (TPSA) is 88.1 Å². The van der Waals surface area contributed by atoms with Crippen molar-refractivity contribution in [2.75, 3.05) is 7.11 Å². The number of aromatic nitrogens is 5. The van der Waals surface area contributed by atoms with E-state index in [0.29, 0.717) is 36.5 Å². The molecule has 2 aliphatic rings. The third kappa shape index (κ3) is 2.58. The summed E-state index contributed by atoms with van der Waals surface area (Å²) in [5.41, 5.74) is 2.61. The fraction of sp³-hybridized carbons (Fsp3) is 0.412. The first kappa shape index (κ1) is 14.6. The Balaban J connectivity index is 1.39. The smallest absolute Gasteiger partial charge is 0.230 e. The van der Waals surface area contributed by atoms with E-state index in [4.69, 9.17) is 14.0 Å².